The summed E-state index contributed by atoms with van der Waals surface area (Å²) >= 11 is 0. The van der Waals surface area contributed by atoms with Gasteiger partial charge in [0.2, 0.25) is 0 Å². The van der Waals surface area contributed by atoms with Crippen molar-refractivity contribution in [3.05, 3.63) is 28.8 Å². The van der Waals surface area contributed by atoms with Crippen LogP contribution in [0.25, 0.3) is 0 Å². The predicted octanol–water partition coefficient (Wildman–Crippen LogP) is 2.95. The van der Waals surface area contributed by atoms with Gasteiger partial charge in [-0.3, -0.25) is 4.79 Å². The van der Waals surface area contributed by atoms with E-state index in [1.54, 1.807) is 6.07 Å². The van der Waals surface area contributed by atoms with E-state index < -0.39 is 0 Å². The molecule has 1 aromatic rings. The summed E-state index contributed by atoms with van der Waals surface area (Å²) in [4.78, 5) is 12.3. The Morgan fingerprint density at radius 2 is 2.00 bits per heavy atom. The van der Waals surface area contributed by atoms with Crippen molar-refractivity contribution in [3.8, 4) is 0 Å². The summed E-state index contributed by atoms with van der Waals surface area (Å²) in [6.45, 7) is 6.06. The number of carbonyl (C=O) groups is 1. The highest BCUT2D eigenvalue weighted by Crippen LogP contribution is 2.35. The SMILES string of the molecule is CCC1(NC(=O)c2cc(N)c(C)cc2C)CCC1. The molecule has 1 amide bonds. The number of benzene rings is 1. The van der Waals surface area contributed by atoms with Crippen LogP contribution < -0.4 is 11.1 Å². The largest absolute Gasteiger partial charge is 0.398 e. The van der Waals surface area contributed by atoms with Crippen molar-refractivity contribution in [2.24, 2.45) is 0 Å². The van der Waals surface area contributed by atoms with Crippen LogP contribution in [-0.2, 0) is 0 Å². The topological polar surface area (TPSA) is 55.1 Å². The lowest BCUT2D eigenvalue weighted by atomic mass is 9.74. The molecule has 3 nitrogen and oxygen atoms in total. The van der Waals surface area contributed by atoms with Crippen LogP contribution in [-0.4, -0.2) is 11.4 Å². The molecule has 1 aliphatic carbocycles. The highest BCUT2D eigenvalue weighted by molar-refractivity contribution is 5.97. The summed E-state index contributed by atoms with van der Waals surface area (Å²) in [5.41, 5.74) is 9.33. The zero-order chi connectivity index (χ0) is 13.3. The van der Waals surface area contributed by atoms with Crippen molar-refractivity contribution >= 4 is 11.6 Å². The van der Waals surface area contributed by atoms with Gasteiger partial charge < -0.3 is 11.1 Å². The van der Waals surface area contributed by atoms with Gasteiger partial charge in [0, 0.05) is 16.8 Å². The zero-order valence-corrected chi connectivity index (χ0v) is 11.5. The smallest absolute Gasteiger partial charge is 0.252 e. The molecule has 0 saturated heterocycles. The fourth-order valence-corrected chi connectivity index (χ4v) is 2.59. The third-order valence-corrected chi connectivity index (χ3v) is 4.22. The van der Waals surface area contributed by atoms with E-state index in [-0.39, 0.29) is 11.4 Å². The minimum atomic E-state index is 0.0146. The van der Waals surface area contributed by atoms with E-state index in [1.807, 2.05) is 19.9 Å². The zero-order valence-electron chi connectivity index (χ0n) is 11.5. The van der Waals surface area contributed by atoms with Crippen LogP contribution in [0.15, 0.2) is 12.1 Å². The number of nitrogen functional groups attached to an aromatic ring is 1. The molecule has 2 rings (SSSR count). The maximum atomic E-state index is 12.3. The maximum Gasteiger partial charge on any atom is 0.252 e. The van der Waals surface area contributed by atoms with Crippen LogP contribution in [0, 0.1) is 13.8 Å². The first-order valence-corrected chi connectivity index (χ1v) is 6.67. The summed E-state index contributed by atoms with van der Waals surface area (Å²) < 4.78 is 0. The van der Waals surface area contributed by atoms with E-state index in [0.717, 1.165) is 30.4 Å². The molecule has 1 saturated carbocycles. The van der Waals surface area contributed by atoms with Crippen LogP contribution in [0.4, 0.5) is 5.69 Å². The van der Waals surface area contributed by atoms with Gasteiger partial charge in [-0.05, 0) is 56.7 Å². The lowest BCUT2D eigenvalue weighted by Gasteiger charge is -2.42. The number of nitrogens with one attached hydrogen (secondary N) is 1. The predicted molar refractivity (Wildman–Crippen MR) is 74.7 cm³/mol. The van der Waals surface area contributed by atoms with Gasteiger partial charge in [-0.25, -0.2) is 0 Å². The highest BCUT2D eigenvalue weighted by Gasteiger charge is 2.36. The van der Waals surface area contributed by atoms with E-state index in [4.69, 9.17) is 5.73 Å². The van der Waals surface area contributed by atoms with Crippen molar-refractivity contribution in [2.45, 2.75) is 52.0 Å². The minimum absolute atomic E-state index is 0.0146. The number of amides is 1. The van der Waals surface area contributed by atoms with Crippen molar-refractivity contribution in [2.75, 3.05) is 5.73 Å². The van der Waals surface area contributed by atoms with Crippen LogP contribution in [0.3, 0.4) is 0 Å². The molecule has 0 heterocycles. The first-order chi connectivity index (χ1) is 8.47. The van der Waals surface area contributed by atoms with Gasteiger partial charge in [0.05, 0.1) is 0 Å². The normalized spacial score (nSPS) is 17.1. The van der Waals surface area contributed by atoms with Crippen LogP contribution in [0.2, 0.25) is 0 Å². The van der Waals surface area contributed by atoms with Gasteiger partial charge in [-0.2, -0.15) is 0 Å². The summed E-state index contributed by atoms with van der Waals surface area (Å²) in [5.74, 6) is 0.0146. The second kappa shape index (κ2) is 4.63. The van der Waals surface area contributed by atoms with Crippen molar-refractivity contribution in [1.82, 2.24) is 5.32 Å². The molecule has 18 heavy (non-hydrogen) atoms. The molecule has 3 heteroatoms. The van der Waals surface area contributed by atoms with Crippen molar-refractivity contribution < 1.29 is 4.79 Å². The summed E-state index contributed by atoms with van der Waals surface area (Å²) in [7, 11) is 0. The lowest BCUT2D eigenvalue weighted by molar-refractivity contribution is 0.0820. The summed E-state index contributed by atoms with van der Waals surface area (Å²) in [5, 5.41) is 3.19. The van der Waals surface area contributed by atoms with Crippen LogP contribution in [0.5, 0.6) is 0 Å². The van der Waals surface area contributed by atoms with Gasteiger partial charge in [0.15, 0.2) is 0 Å². The number of rotatable bonds is 3. The number of hydrogen-bond donors (Lipinski definition) is 2. The van der Waals surface area contributed by atoms with E-state index in [0.29, 0.717) is 11.3 Å². The van der Waals surface area contributed by atoms with Crippen molar-refractivity contribution in [3.63, 3.8) is 0 Å². The van der Waals surface area contributed by atoms with Gasteiger partial charge >= 0.3 is 0 Å². The maximum absolute atomic E-state index is 12.3. The monoisotopic (exact) mass is 246 g/mol. The Labute approximate surface area is 109 Å². The third kappa shape index (κ3) is 2.22. The Morgan fingerprint density at radius 3 is 2.50 bits per heavy atom. The second-order valence-electron chi connectivity index (χ2n) is 5.47. The molecule has 0 bridgehead atoms. The van der Waals surface area contributed by atoms with Gasteiger partial charge in [0.25, 0.3) is 5.91 Å². The molecule has 3 N–H and O–H groups in total. The molecule has 0 unspecified atom stereocenters. The molecule has 98 valence electrons. The average molecular weight is 246 g/mol. The lowest BCUT2D eigenvalue weighted by Crippen LogP contribution is -2.53. The average Bonchev–Trinajstić information content (AvgIpc) is 2.28. The number of anilines is 1. The number of nitrogens with two attached hydrogens (primary N) is 1. The first kappa shape index (κ1) is 12.9. The van der Waals surface area contributed by atoms with E-state index >= 15 is 0 Å². The molecule has 0 aromatic heterocycles. The third-order valence-electron chi connectivity index (χ3n) is 4.22. The Bertz CT molecular complexity index is 470. The highest BCUT2D eigenvalue weighted by atomic mass is 16.1. The van der Waals surface area contributed by atoms with E-state index in [1.165, 1.54) is 6.42 Å². The molecule has 1 aromatic carbocycles. The molecular weight excluding hydrogens is 224 g/mol. The molecule has 0 radical (unpaired) electrons. The molecule has 1 aliphatic rings. The van der Waals surface area contributed by atoms with Crippen LogP contribution >= 0.6 is 0 Å². The molecule has 1 fully saturated rings. The Hall–Kier alpha value is -1.51. The van der Waals surface area contributed by atoms with Crippen LogP contribution in [0.1, 0.15) is 54.1 Å². The van der Waals surface area contributed by atoms with E-state index in [2.05, 4.69) is 12.2 Å². The Morgan fingerprint density at radius 1 is 1.33 bits per heavy atom. The number of carbonyl (C=O) groups excluding carboxylic acids is 1. The van der Waals surface area contributed by atoms with E-state index in [9.17, 15) is 4.79 Å². The quantitative estimate of drug-likeness (QED) is 0.806. The minimum Gasteiger partial charge on any atom is -0.398 e. The fraction of sp³-hybridized carbons (Fsp3) is 0.533. The Balaban J connectivity index is 2.21. The molecule has 0 atom stereocenters. The number of hydrogen-bond acceptors (Lipinski definition) is 2. The first-order valence-electron chi connectivity index (χ1n) is 6.67. The Kier molecular flexibility index (Phi) is 3.33. The fourth-order valence-electron chi connectivity index (χ4n) is 2.59. The van der Waals surface area contributed by atoms with Gasteiger partial charge in [-0.15, -0.1) is 0 Å². The van der Waals surface area contributed by atoms with Gasteiger partial charge in [0.1, 0.15) is 0 Å². The molecule has 0 aliphatic heterocycles. The summed E-state index contributed by atoms with van der Waals surface area (Å²) in [6.07, 6.45) is 4.40. The van der Waals surface area contributed by atoms with Crippen molar-refractivity contribution in [1.29, 1.82) is 0 Å². The summed E-state index contributed by atoms with van der Waals surface area (Å²) in [6, 6.07) is 3.77. The number of aryl methyl sites for hydroxylation is 2. The van der Waals surface area contributed by atoms with Gasteiger partial charge in [-0.1, -0.05) is 13.0 Å². The molecule has 0 spiro atoms. The second-order valence-corrected chi connectivity index (χ2v) is 5.47. The standard InChI is InChI=1S/C15H22N2O/c1-4-15(6-5-7-15)17-14(18)12-9-13(16)11(3)8-10(12)2/h8-9H,4-7,16H2,1-3H3,(H,17,18). The molecular formula is C15H22N2O.